The maximum absolute atomic E-state index is 13.3. The molecule has 2 aliphatic heterocycles. The normalized spacial score (nSPS) is 19.2. The molecule has 0 amide bonds. The molecule has 1 aromatic heterocycles. The molecule has 0 saturated carbocycles. The maximum Gasteiger partial charge on any atom is 0.342 e. The van der Waals surface area contributed by atoms with Gasteiger partial charge in [0.25, 0.3) is 5.79 Å². The van der Waals surface area contributed by atoms with Crippen LogP contribution < -0.4 is 9.47 Å². The highest BCUT2D eigenvalue weighted by Crippen LogP contribution is 2.47. The van der Waals surface area contributed by atoms with Crippen LogP contribution in [-0.2, 0) is 28.8 Å². The van der Waals surface area contributed by atoms with E-state index >= 15 is 0 Å². The van der Waals surface area contributed by atoms with Gasteiger partial charge < -0.3 is 23.9 Å². The van der Waals surface area contributed by atoms with Gasteiger partial charge in [-0.15, -0.1) is 0 Å². The monoisotopic (exact) mass is 473 g/mol. The summed E-state index contributed by atoms with van der Waals surface area (Å²) in [6.07, 6.45) is 2.32. The molecule has 0 aliphatic carbocycles. The van der Waals surface area contributed by atoms with Crippen LogP contribution in [0.2, 0.25) is 5.02 Å². The SMILES string of the molecule is Cn1cc(CC2=C(c3ccc4c(c3)OCO4)C(=O)OC2(O)c2ccc(Cl)cc2)c2ccccc21. The number of carbonyl (C=O) groups excluding carboxylic acids is 1. The zero-order valence-electron chi connectivity index (χ0n) is 18.2. The molecule has 1 atom stereocenters. The van der Waals surface area contributed by atoms with Gasteiger partial charge in [-0.1, -0.05) is 48.0 Å². The number of hydrogen-bond donors (Lipinski definition) is 1. The first kappa shape index (κ1) is 20.8. The number of carbonyl (C=O) groups is 1. The average molecular weight is 474 g/mol. The van der Waals surface area contributed by atoms with E-state index in [4.69, 9.17) is 25.8 Å². The molecular weight excluding hydrogens is 454 g/mol. The zero-order valence-corrected chi connectivity index (χ0v) is 19.0. The molecule has 6 rings (SSSR count). The van der Waals surface area contributed by atoms with Gasteiger partial charge in [0, 0.05) is 46.7 Å². The lowest BCUT2D eigenvalue weighted by atomic mass is 9.88. The molecule has 34 heavy (non-hydrogen) atoms. The molecule has 6 nitrogen and oxygen atoms in total. The Morgan fingerprint density at radius 1 is 1.03 bits per heavy atom. The third-order valence-corrected chi connectivity index (χ3v) is 6.65. The van der Waals surface area contributed by atoms with Gasteiger partial charge in [0.15, 0.2) is 11.5 Å². The molecule has 4 aromatic rings. The lowest BCUT2D eigenvalue weighted by Crippen LogP contribution is -2.29. The van der Waals surface area contributed by atoms with Crippen molar-refractivity contribution in [3.05, 3.63) is 100 Å². The van der Waals surface area contributed by atoms with Gasteiger partial charge >= 0.3 is 5.97 Å². The molecule has 3 heterocycles. The summed E-state index contributed by atoms with van der Waals surface area (Å²) in [4.78, 5) is 13.3. The third-order valence-electron chi connectivity index (χ3n) is 6.40. The van der Waals surface area contributed by atoms with Crippen molar-refractivity contribution in [3.8, 4) is 11.5 Å². The summed E-state index contributed by atoms with van der Waals surface area (Å²) in [6.45, 7) is 0.125. The van der Waals surface area contributed by atoms with E-state index in [1.807, 2.05) is 42.1 Å². The number of nitrogens with zero attached hydrogens (tertiary/aromatic N) is 1. The minimum Gasteiger partial charge on any atom is -0.454 e. The van der Waals surface area contributed by atoms with Crippen LogP contribution in [0.25, 0.3) is 16.5 Å². The molecule has 2 aliphatic rings. The van der Waals surface area contributed by atoms with Crippen LogP contribution in [-0.4, -0.2) is 22.4 Å². The highest BCUT2D eigenvalue weighted by atomic mass is 35.5. The van der Waals surface area contributed by atoms with E-state index in [0.717, 1.165) is 16.5 Å². The minimum atomic E-state index is -1.94. The van der Waals surface area contributed by atoms with Crippen LogP contribution in [0, 0.1) is 0 Å². The van der Waals surface area contributed by atoms with Crippen molar-refractivity contribution >= 4 is 34.0 Å². The van der Waals surface area contributed by atoms with Crippen molar-refractivity contribution in [3.63, 3.8) is 0 Å². The molecule has 7 heteroatoms. The number of rotatable bonds is 4. The van der Waals surface area contributed by atoms with Crippen molar-refractivity contribution in [2.24, 2.45) is 7.05 Å². The number of benzene rings is 3. The highest BCUT2D eigenvalue weighted by Gasteiger charge is 2.48. The second-order valence-electron chi connectivity index (χ2n) is 8.42. The van der Waals surface area contributed by atoms with Crippen LogP contribution in [0.4, 0.5) is 0 Å². The second kappa shape index (κ2) is 7.65. The Morgan fingerprint density at radius 2 is 1.79 bits per heavy atom. The Labute approximate surface area is 200 Å². The number of esters is 1. The summed E-state index contributed by atoms with van der Waals surface area (Å²) in [7, 11) is 1.97. The summed E-state index contributed by atoms with van der Waals surface area (Å²) in [5.74, 6) is -1.39. The van der Waals surface area contributed by atoms with Crippen molar-refractivity contribution in [2.75, 3.05) is 6.79 Å². The standard InChI is InChI=1S/C27H20ClNO5/c1-29-14-17(20-4-2-3-5-22(20)29)12-21-25(16-6-11-23-24(13-16)33-15-32-23)26(30)34-27(21,31)18-7-9-19(28)10-8-18/h2-11,13-14,31H,12,15H2,1H3. The molecule has 0 radical (unpaired) electrons. The predicted molar refractivity (Wildman–Crippen MR) is 128 cm³/mol. The molecule has 1 N–H and O–H groups in total. The number of cyclic esters (lactones) is 1. The fraction of sp³-hybridized carbons (Fsp3) is 0.148. The van der Waals surface area contributed by atoms with E-state index in [-0.39, 0.29) is 6.79 Å². The van der Waals surface area contributed by atoms with Gasteiger partial charge in [0.1, 0.15) is 0 Å². The average Bonchev–Trinajstić information content (AvgIpc) is 3.49. The van der Waals surface area contributed by atoms with Crippen molar-refractivity contribution in [1.82, 2.24) is 4.57 Å². The minimum absolute atomic E-state index is 0.125. The topological polar surface area (TPSA) is 69.9 Å². The number of fused-ring (bicyclic) bond motifs is 2. The lowest BCUT2D eigenvalue weighted by Gasteiger charge is -2.25. The predicted octanol–water partition coefficient (Wildman–Crippen LogP) is 4.96. The number of aliphatic hydroxyl groups is 1. The number of ether oxygens (including phenoxy) is 3. The van der Waals surface area contributed by atoms with E-state index in [2.05, 4.69) is 0 Å². The Balaban J connectivity index is 1.56. The number of para-hydroxylation sites is 1. The molecule has 0 saturated heterocycles. The first-order valence-electron chi connectivity index (χ1n) is 10.8. The zero-order chi connectivity index (χ0) is 23.4. The Bertz CT molecular complexity index is 1490. The fourth-order valence-corrected chi connectivity index (χ4v) is 4.88. The van der Waals surface area contributed by atoms with Gasteiger partial charge in [-0.2, -0.15) is 0 Å². The molecule has 170 valence electrons. The summed E-state index contributed by atoms with van der Waals surface area (Å²) in [6, 6.07) is 20.0. The van der Waals surface area contributed by atoms with Gasteiger partial charge in [-0.25, -0.2) is 4.79 Å². The van der Waals surface area contributed by atoms with E-state index in [1.165, 1.54) is 0 Å². The third kappa shape index (κ3) is 3.18. The summed E-state index contributed by atoms with van der Waals surface area (Å²) in [5.41, 5.74) is 3.81. The maximum atomic E-state index is 13.3. The van der Waals surface area contributed by atoms with Crippen LogP contribution in [0.1, 0.15) is 16.7 Å². The van der Waals surface area contributed by atoms with Gasteiger partial charge in [0.05, 0.1) is 5.57 Å². The Morgan fingerprint density at radius 3 is 2.62 bits per heavy atom. The van der Waals surface area contributed by atoms with Crippen LogP contribution in [0.15, 0.2) is 78.5 Å². The van der Waals surface area contributed by atoms with Crippen molar-refractivity contribution in [1.29, 1.82) is 0 Å². The van der Waals surface area contributed by atoms with E-state index in [1.54, 1.807) is 42.5 Å². The Hall–Kier alpha value is -3.74. The number of aromatic nitrogens is 1. The van der Waals surface area contributed by atoms with Crippen LogP contribution in [0.5, 0.6) is 11.5 Å². The van der Waals surface area contributed by atoms with Crippen LogP contribution in [0.3, 0.4) is 0 Å². The van der Waals surface area contributed by atoms with Crippen LogP contribution >= 0.6 is 11.6 Å². The smallest absolute Gasteiger partial charge is 0.342 e. The largest absolute Gasteiger partial charge is 0.454 e. The van der Waals surface area contributed by atoms with Crippen molar-refractivity contribution in [2.45, 2.75) is 12.2 Å². The number of aryl methyl sites for hydroxylation is 1. The highest BCUT2D eigenvalue weighted by molar-refractivity contribution is 6.30. The molecule has 0 fully saturated rings. The summed E-state index contributed by atoms with van der Waals surface area (Å²) in [5, 5.41) is 13.4. The number of hydrogen-bond acceptors (Lipinski definition) is 5. The molecule has 1 unspecified atom stereocenters. The lowest BCUT2D eigenvalue weighted by molar-refractivity contribution is -0.185. The van der Waals surface area contributed by atoms with E-state index in [0.29, 0.717) is 45.2 Å². The van der Waals surface area contributed by atoms with Gasteiger partial charge in [-0.3, -0.25) is 0 Å². The van der Waals surface area contributed by atoms with E-state index < -0.39 is 11.8 Å². The number of halogens is 1. The first-order valence-corrected chi connectivity index (χ1v) is 11.2. The quantitative estimate of drug-likeness (QED) is 0.424. The molecular formula is C27H20ClNO5. The Kier molecular flexibility index (Phi) is 4.69. The van der Waals surface area contributed by atoms with Gasteiger partial charge in [-0.05, 0) is 41.5 Å². The molecule has 3 aromatic carbocycles. The van der Waals surface area contributed by atoms with E-state index in [9.17, 15) is 9.90 Å². The second-order valence-corrected chi connectivity index (χ2v) is 8.86. The fourth-order valence-electron chi connectivity index (χ4n) is 4.76. The van der Waals surface area contributed by atoms with Gasteiger partial charge in [0.2, 0.25) is 6.79 Å². The molecule has 0 bridgehead atoms. The van der Waals surface area contributed by atoms with Crippen molar-refractivity contribution < 1.29 is 24.1 Å². The first-order chi connectivity index (χ1) is 16.4. The summed E-state index contributed by atoms with van der Waals surface area (Å²) >= 11 is 6.08. The summed E-state index contributed by atoms with van der Waals surface area (Å²) < 4.78 is 18.7. The molecule has 0 spiro atoms.